The predicted molar refractivity (Wildman–Crippen MR) is 77.7 cm³/mol. The Morgan fingerprint density at radius 2 is 2.05 bits per heavy atom. The molecule has 0 bridgehead atoms. The summed E-state index contributed by atoms with van der Waals surface area (Å²) in [5.41, 5.74) is 2.15. The molecule has 0 saturated heterocycles. The molecular formula is C17H13NO3. The second-order valence-electron chi connectivity index (χ2n) is 5.86. The molecule has 0 atom stereocenters. The van der Waals surface area contributed by atoms with Gasteiger partial charge in [-0.25, -0.2) is 0 Å². The van der Waals surface area contributed by atoms with Crippen molar-refractivity contribution in [3.63, 3.8) is 0 Å². The number of carbonyl (C=O) groups excluding carboxylic acids is 1. The van der Waals surface area contributed by atoms with Crippen molar-refractivity contribution < 1.29 is 14.3 Å². The number of nitrogens with zero attached hydrogens (tertiary/aromatic N) is 1. The lowest BCUT2D eigenvalue weighted by Crippen LogP contribution is -2.29. The molecule has 2 heterocycles. The van der Waals surface area contributed by atoms with Crippen LogP contribution >= 0.6 is 0 Å². The number of hydrogen-bond acceptors (Lipinski definition) is 4. The monoisotopic (exact) mass is 279 g/mol. The summed E-state index contributed by atoms with van der Waals surface area (Å²) in [6.07, 6.45) is 3.31. The molecule has 0 aliphatic heterocycles. The molecule has 0 spiro atoms. The molecule has 0 radical (unpaired) electrons. The largest absolute Gasteiger partial charge is 0.508 e. The van der Waals surface area contributed by atoms with E-state index in [1.807, 2.05) is 13.8 Å². The Morgan fingerprint density at radius 3 is 2.86 bits per heavy atom. The van der Waals surface area contributed by atoms with Gasteiger partial charge in [-0.15, -0.1) is 0 Å². The maximum absolute atomic E-state index is 12.8. The Morgan fingerprint density at radius 1 is 1.24 bits per heavy atom. The molecule has 4 nitrogen and oxygen atoms in total. The summed E-state index contributed by atoms with van der Waals surface area (Å²) in [6, 6.07) is 6.62. The van der Waals surface area contributed by atoms with E-state index in [1.54, 1.807) is 36.7 Å². The first-order valence-corrected chi connectivity index (χ1v) is 6.75. The predicted octanol–water partition coefficient (Wildman–Crippen LogP) is 3.40. The lowest BCUT2D eigenvalue weighted by Gasteiger charge is -2.30. The molecule has 1 aliphatic rings. The van der Waals surface area contributed by atoms with Gasteiger partial charge in [-0.05, 0) is 43.7 Å². The van der Waals surface area contributed by atoms with E-state index in [1.165, 1.54) is 0 Å². The number of furan rings is 1. The second kappa shape index (κ2) is 3.73. The molecule has 2 aromatic heterocycles. The minimum atomic E-state index is -0.490. The van der Waals surface area contributed by atoms with Crippen molar-refractivity contribution >= 4 is 16.8 Å². The summed E-state index contributed by atoms with van der Waals surface area (Å²) in [5, 5.41) is 10.5. The molecular weight excluding hydrogens is 266 g/mol. The van der Waals surface area contributed by atoms with E-state index in [9.17, 15) is 9.90 Å². The minimum absolute atomic E-state index is 0.0777. The van der Waals surface area contributed by atoms with E-state index in [0.717, 1.165) is 10.9 Å². The number of hydrogen-bond donors (Lipinski definition) is 1. The number of ketones is 1. The molecule has 1 aliphatic carbocycles. The zero-order valence-corrected chi connectivity index (χ0v) is 11.7. The first-order valence-electron chi connectivity index (χ1n) is 6.75. The number of phenolic OH excluding ortho intramolecular Hbond substituents is 1. The van der Waals surface area contributed by atoms with Gasteiger partial charge in [0.15, 0.2) is 5.78 Å². The number of phenols is 1. The van der Waals surface area contributed by atoms with Crippen LogP contribution in [0.1, 0.15) is 41.1 Å². The summed E-state index contributed by atoms with van der Waals surface area (Å²) >= 11 is 0. The number of fused-ring (bicyclic) bond motifs is 4. The molecule has 0 fully saturated rings. The Hall–Kier alpha value is -2.62. The Bertz CT molecular complexity index is 906. The molecule has 0 unspecified atom stereocenters. The van der Waals surface area contributed by atoms with Crippen LogP contribution in [-0.2, 0) is 5.41 Å². The number of rotatable bonds is 0. The van der Waals surface area contributed by atoms with Crippen molar-refractivity contribution in [3.8, 4) is 5.75 Å². The van der Waals surface area contributed by atoms with Crippen LogP contribution in [0, 0.1) is 0 Å². The molecule has 3 aromatic rings. The smallest absolute Gasteiger partial charge is 0.197 e. The van der Waals surface area contributed by atoms with E-state index in [2.05, 4.69) is 4.98 Å². The summed E-state index contributed by atoms with van der Waals surface area (Å²) < 4.78 is 5.93. The van der Waals surface area contributed by atoms with Crippen LogP contribution in [0.15, 0.2) is 41.1 Å². The molecule has 4 heteroatoms. The molecule has 21 heavy (non-hydrogen) atoms. The van der Waals surface area contributed by atoms with Crippen LogP contribution in [0.2, 0.25) is 0 Å². The Balaban J connectivity index is 2.14. The summed E-state index contributed by atoms with van der Waals surface area (Å²) in [5.74, 6) is 0.704. The van der Waals surface area contributed by atoms with Crippen LogP contribution in [0.25, 0.3) is 11.0 Å². The zero-order valence-electron chi connectivity index (χ0n) is 11.7. The Kier molecular flexibility index (Phi) is 2.15. The maximum atomic E-state index is 12.8. The van der Waals surface area contributed by atoms with Crippen molar-refractivity contribution in [2.24, 2.45) is 0 Å². The van der Waals surface area contributed by atoms with Gasteiger partial charge in [-0.3, -0.25) is 9.78 Å². The number of carbonyl (C=O) groups is 1. The fourth-order valence-corrected chi connectivity index (χ4v) is 3.11. The lowest BCUT2D eigenvalue weighted by atomic mass is 9.72. The normalized spacial score (nSPS) is 15.8. The van der Waals surface area contributed by atoms with Gasteiger partial charge in [0.1, 0.15) is 17.1 Å². The molecule has 0 amide bonds. The van der Waals surface area contributed by atoms with Crippen molar-refractivity contribution in [2.45, 2.75) is 19.3 Å². The fourth-order valence-electron chi connectivity index (χ4n) is 3.11. The Labute approximate surface area is 121 Å². The third-order valence-electron chi connectivity index (χ3n) is 4.21. The van der Waals surface area contributed by atoms with Crippen LogP contribution in [0.3, 0.4) is 0 Å². The van der Waals surface area contributed by atoms with Gasteiger partial charge in [0, 0.05) is 23.4 Å². The van der Waals surface area contributed by atoms with Crippen molar-refractivity contribution in [2.75, 3.05) is 0 Å². The van der Waals surface area contributed by atoms with E-state index in [0.29, 0.717) is 22.5 Å². The highest BCUT2D eigenvalue weighted by atomic mass is 16.3. The maximum Gasteiger partial charge on any atom is 0.197 e. The molecule has 1 N–H and O–H groups in total. The molecule has 4 rings (SSSR count). The van der Waals surface area contributed by atoms with Crippen molar-refractivity contribution in [3.05, 3.63) is 59.1 Å². The SMILES string of the molecule is CC1(C)c2cc(O)ccc2C(=O)c2c1oc1ccncc21. The van der Waals surface area contributed by atoms with Gasteiger partial charge >= 0.3 is 0 Å². The van der Waals surface area contributed by atoms with E-state index in [-0.39, 0.29) is 11.5 Å². The summed E-state index contributed by atoms with van der Waals surface area (Å²) in [4.78, 5) is 16.9. The van der Waals surface area contributed by atoms with Crippen LogP contribution in [-0.4, -0.2) is 15.9 Å². The number of aromatic nitrogens is 1. The number of benzene rings is 1. The quantitative estimate of drug-likeness (QED) is 0.685. The standard InChI is InChI=1S/C17H13NO3/c1-17(2)12-7-9(19)3-4-10(12)15(20)14-11-8-18-6-5-13(11)21-16(14)17/h3-8,19H,1-2H3. The third kappa shape index (κ3) is 1.44. The highest BCUT2D eigenvalue weighted by Crippen LogP contribution is 2.45. The first-order chi connectivity index (χ1) is 10.00. The van der Waals surface area contributed by atoms with Gasteiger partial charge in [0.2, 0.25) is 0 Å². The van der Waals surface area contributed by atoms with Crippen LogP contribution in [0.4, 0.5) is 0 Å². The second-order valence-corrected chi connectivity index (χ2v) is 5.86. The van der Waals surface area contributed by atoms with Gasteiger partial charge in [-0.1, -0.05) is 0 Å². The molecule has 1 aromatic carbocycles. The van der Waals surface area contributed by atoms with E-state index < -0.39 is 5.41 Å². The van der Waals surface area contributed by atoms with Crippen molar-refractivity contribution in [1.82, 2.24) is 4.98 Å². The number of aromatic hydroxyl groups is 1. The average molecular weight is 279 g/mol. The number of pyridine rings is 1. The summed E-state index contributed by atoms with van der Waals surface area (Å²) in [6.45, 7) is 3.98. The topological polar surface area (TPSA) is 63.3 Å². The van der Waals surface area contributed by atoms with Crippen LogP contribution in [0.5, 0.6) is 5.75 Å². The lowest BCUT2D eigenvalue weighted by molar-refractivity contribution is 0.102. The third-order valence-corrected chi connectivity index (χ3v) is 4.21. The minimum Gasteiger partial charge on any atom is -0.508 e. The van der Waals surface area contributed by atoms with E-state index in [4.69, 9.17) is 4.42 Å². The highest BCUT2D eigenvalue weighted by Gasteiger charge is 2.41. The van der Waals surface area contributed by atoms with Crippen LogP contribution < -0.4 is 0 Å². The van der Waals surface area contributed by atoms with Gasteiger partial charge in [0.05, 0.1) is 10.9 Å². The fraction of sp³-hybridized carbons (Fsp3) is 0.176. The first kappa shape index (κ1) is 12.1. The van der Waals surface area contributed by atoms with Gasteiger partial charge < -0.3 is 9.52 Å². The van der Waals surface area contributed by atoms with Gasteiger partial charge in [-0.2, -0.15) is 0 Å². The zero-order chi connectivity index (χ0) is 14.8. The molecule has 0 saturated carbocycles. The average Bonchev–Trinajstić information content (AvgIpc) is 2.86. The van der Waals surface area contributed by atoms with E-state index >= 15 is 0 Å². The van der Waals surface area contributed by atoms with Crippen molar-refractivity contribution in [1.29, 1.82) is 0 Å². The van der Waals surface area contributed by atoms with Gasteiger partial charge in [0.25, 0.3) is 0 Å². The summed E-state index contributed by atoms with van der Waals surface area (Å²) in [7, 11) is 0. The highest BCUT2D eigenvalue weighted by molar-refractivity contribution is 6.19. The molecule has 104 valence electrons.